The van der Waals surface area contributed by atoms with Gasteiger partial charge in [0.25, 0.3) is 5.69 Å². The molecular weight excluding hydrogens is 263 g/mol. The Hall–Kier alpha value is -2.47. The van der Waals surface area contributed by atoms with Gasteiger partial charge in [0.05, 0.1) is 11.0 Å². The van der Waals surface area contributed by atoms with Crippen molar-refractivity contribution in [2.45, 2.75) is 13.0 Å². The number of rotatable bonds is 4. The minimum atomic E-state index is -0.787. The summed E-state index contributed by atoms with van der Waals surface area (Å²) in [6, 6.07) is 10.0. The Morgan fingerprint density at radius 2 is 2.05 bits per heavy atom. The molecule has 0 aliphatic carbocycles. The number of ether oxygens (including phenoxy) is 1. The van der Waals surface area contributed by atoms with Crippen LogP contribution in [-0.2, 0) is 0 Å². The molecule has 0 spiro atoms. The maximum Gasteiger partial charge on any atom is 0.272 e. The topological polar surface area (TPSA) is 78.4 Å². The van der Waals surface area contributed by atoms with Gasteiger partial charge in [-0.05, 0) is 30.7 Å². The molecule has 2 aromatic carbocycles. The average Bonchev–Trinajstić information content (AvgIpc) is 2.41. The number of benzene rings is 2. The fourth-order valence-electron chi connectivity index (χ4n) is 1.67. The van der Waals surface area contributed by atoms with E-state index < -0.39 is 10.7 Å². The minimum absolute atomic E-state index is 0.0718. The van der Waals surface area contributed by atoms with Crippen LogP contribution in [0.15, 0.2) is 42.5 Å². The maximum atomic E-state index is 13.7. The molecule has 0 saturated heterocycles. The zero-order valence-electron chi connectivity index (χ0n) is 10.7. The first-order chi connectivity index (χ1) is 9.47. The third-order valence-corrected chi connectivity index (χ3v) is 2.74. The van der Waals surface area contributed by atoms with Gasteiger partial charge >= 0.3 is 0 Å². The van der Waals surface area contributed by atoms with Crippen LogP contribution in [0.25, 0.3) is 0 Å². The molecule has 0 aliphatic rings. The molecule has 0 radical (unpaired) electrons. The van der Waals surface area contributed by atoms with Crippen molar-refractivity contribution in [2.24, 2.45) is 5.73 Å². The summed E-state index contributed by atoms with van der Waals surface area (Å²) in [6.45, 7) is 1.82. The van der Waals surface area contributed by atoms with Crippen LogP contribution in [0.1, 0.15) is 18.5 Å². The van der Waals surface area contributed by atoms with E-state index in [2.05, 4.69) is 0 Å². The lowest BCUT2D eigenvalue weighted by atomic mass is 10.1. The molecule has 0 aliphatic heterocycles. The van der Waals surface area contributed by atoms with Crippen molar-refractivity contribution in [2.75, 3.05) is 0 Å². The van der Waals surface area contributed by atoms with Crippen LogP contribution in [0, 0.1) is 15.9 Å². The SMILES string of the molecule is CC(N)c1cccc(Oc2ccc([N+](=O)[O-])cc2F)c1. The molecule has 1 unspecified atom stereocenters. The molecule has 2 N–H and O–H groups in total. The fraction of sp³-hybridized carbons (Fsp3) is 0.143. The molecular formula is C14H13FN2O3. The van der Waals surface area contributed by atoms with Gasteiger partial charge in [-0.25, -0.2) is 4.39 Å². The van der Waals surface area contributed by atoms with Gasteiger partial charge in [0.1, 0.15) is 5.75 Å². The van der Waals surface area contributed by atoms with Crippen LogP contribution >= 0.6 is 0 Å². The summed E-state index contributed by atoms with van der Waals surface area (Å²) >= 11 is 0. The highest BCUT2D eigenvalue weighted by Crippen LogP contribution is 2.28. The van der Waals surface area contributed by atoms with E-state index in [4.69, 9.17) is 10.5 Å². The van der Waals surface area contributed by atoms with Crippen molar-refractivity contribution in [3.05, 3.63) is 64.0 Å². The molecule has 1 atom stereocenters. The maximum absolute atomic E-state index is 13.7. The molecule has 0 aromatic heterocycles. The Bertz CT molecular complexity index is 644. The number of nitro groups is 1. The van der Waals surface area contributed by atoms with Crippen molar-refractivity contribution < 1.29 is 14.1 Å². The van der Waals surface area contributed by atoms with Crippen molar-refractivity contribution in [3.8, 4) is 11.5 Å². The first-order valence-electron chi connectivity index (χ1n) is 5.94. The zero-order valence-corrected chi connectivity index (χ0v) is 10.7. The lowest BCUT2D eigenvalue weighted by Crippen LogP contribution is -2.04. The highest BCUT2D eigenvalue weighted by molar-refractivity contribution is 5.41. The quantitative estimate of drug-likeness (QED) is 0.684. The van der Waals surface area contributed by atoms with Gasteiger partial charge in [-0.15, -0.1) is 0 Å². The van der Waals surface area contributed by atoms with Gasteiger partial charge in [-0.2, -0.15) is 0 Å². The highest BCUT2D eigenvalue weighted by atomic mass is 19.1. The number of nitrogens with zero attached hydrogens (tertiary/aromatic N) is 1. The molecule has 5 nitrogen and oxygen atoms in total. The number of halogens is 1. The number of nitrogens with two attached hydrogens (primary N) is 1. The second-order valence-corrected chi connectivity index (χ2v) is 4.34. The summed E-state index contributed by atoms with van der Waals surface area (Å²) in [5, 5.41) is 10.5. The van der Waals surface area contributed by atoms with Gasteiger partial charge in [0.15, 0.2) is 11.6 Å². The van der Waals surface area contributed by atoms with E-state index in [0.29, 0.717) is 5.75 Å². The second kappa shape index (κ2) is 5.66. The Labute approximate surface area is 114 Å². The van der Waals surface area contributed by atoms with Crippen LogP contribution in [-0.4, -0.2) is 4.92 Å². The van der Waals surface area contributed by atoms with Crippen molar-refractivity contribution in [3.63, 3.8) is 0 Å². The van der Waals surface area contributed by atoms with Crippen LogP contribution in [0.2, 0.25) is 0 Å². The number of hydrogen-bond acceptors (Lipinski definition) is 4. The molecule has 0 amide bonds. The van der Waals surface area contributed by atoms with Crippen LogP contribution in [0.4, 0.5) is 10.1 Å². The number of hydrogen-bond donors (Lipinski definition) is 1. The molecule has 2 rings (SSSR count). The Balaban J connectivity index is 2.26. The second-order valence-electron chi connectivity index (χ2n) is 4.34. The minimum Gasteiger partial charge on any atom is -0.454 e. The zero-order chi connectivity index (χ0) is 14.7. The normalized spacial score (nSPS) is 11.9. The molecule has 104 valence electrons. The third kappa shape index (κ3) is 3.10. The van der Waals surface area contributed by atoms with Crippen LogP contribution < -0.4 is 10.5 Å². The first kappa shape index (κ1) is 14.0. The molecule has 0 heterocycles. The van der Waals surface area contributed by atoms with E-state index in [1.165, 1.54) is 12.1 Å². The Kier molecular flexibility index (Phi) is 3.95. The lowest BCUT2D eigenvalue weighted by Gasteiger charge is -2.10. The van der Waals surface area contributed by atoms with Gasteiger partial charge in [-0.1, -0.05) is 12.1 Å². The van der Waals surface area contributed by atoms with Crippen molar-refractivity contribution >= 4 is 5.69 Å². The summed E-state index contributed by atoms with van der Waals surface area (Å²) in [4.78, 5) is 9.86. The van der Waals surface area contributed by atoms with E-state index >= 15 is 0 Å². The number of nitro benzene ring substituents is 1. The Morgan fingerprint density at radius 3 is 2.65 bits per heavy atom. The van der Waals surface area contributed by atoms with Crippen LogP contribution in [0.3, 0.4) is 0 Å². The summed E-state index contributed by atoms with van der Waals surface area (Å²) in [7, 11) is 0. The summed E-state index contributed by atoms with van der Waals surface area (Å²) in [5.41, 5.74) is 6.29. The van der Waals surface area contributed by atoms with Crippen molar-refractivity contribution in [1.82, 2.24) is 0 Å². The van der Waals surface area contributed by atoms with E-state index in [1.54, 1.807) is 18.2 Å². The Morgan fingerprint density at radius 1 is 1.30 bits per heavy atom. The molecule has 0 bridgehead atoms. The van der Waals surface area contributed by atoms with Gasteiger partial charge in [0.2, 0.25) is 0 Å². The summed E-state index contributed by atoms with van der Waals surface area (Å²) < 4.78 is 19.1. The predicted octanol–water partition coefficient (Wildman–Crippen LogP) is 3.55. The summed E-state index contributed by atoms with van der Waals surface area (Å²) in [6.07, 6.45) is 0. The van der Waals surface area contributed by atoms with E-state index in [-0.39, 0.29) is 17.5 Å². The van der Waals surface area contributed by atoms with E-state index in [9.17, 15) is 14.5 Å². The van der Waals surface area contributed by atoms with Gasteiger partial charge in [0, 0.05) is 12.1 Å². The van der Waals surface area contributed by atoms with Crippen molar-refractivity contribution in [1.29, 1.82) is 0 Å². The molecule has 0 saturated carbocycles. The average molecular weight is 276 g/mol. The standard InChI is InChI=1S/C14H13FN2O3/c1-9(16)10-3-2-4-12(7-10)20-14-6-5-11(17(18)19)8-13(14)15/h2-9H,16H2,1H3. The fourth-order valence-corrected chi connectivity index (χ4v) is 1.67. The van der Waals surface area contributed by atoms with Gasteiger partial charge in [-0.3, -0.25) is 10.1 Å². The largest absolute Gasteiger partial charge is 0.454 e. The predicted molar refractivity (Wildman–Crippen MR) is 72.2 cm³/mol. The van der Waals surface area contributed by atoms with E-state index in [0.717, 1.165) is 11.6 Å². The molecule has 0 fully saturated rings. The first-order valence-corrected chi connectivity index (χ1v) is 5.94. The summed E-state index contributed by atoms with van der Waals surface area (Å²) in [5.74, 6) is -0.435. The molecule has 6 heteroatoms. The number of non-ortho nitro benzene ring substituents is 1. The monoisotopic (exact) mass is 276 g/mol. The highest BCUT2D eigenvalue weighted by Gasteiger charge is 2.12. The third-order valence-electron chi connectivity index (χ3n) is 2.74. The van der Waals surface area contributed by atoms with Crippen LogP contribution in [0.5, 0.6) is 11.5 Å². The molecule has 20 heavy (non-hydrogen) atoms. The smallest absolute Gasteiger partial charge is 0.272 e. The van der Waals surface area contributed by atoms with Gasteiger partial charge < -0.3 is 10.5 Å². The molecule has 2 aromatic rings. The van der Waals surface area contributed by atoms with E-state index in [1.807, 2.05) is 13.0 Å². The lowest BCUT2D eigenvalue weighted by molar-refractivity contribution is -0.385.